The van der Waals surface area contributed by atoms with E-state index in [0.29, 0.717) is 0 Å². The summed E-state index contributed by atoms with van der Waals surface area (Å²) < 4.78 is 5.36. The predicted molar refractivity (Wildman–Crippen MR) is 109 cm³/mol. The first kappa shape index (κ1) is 17.6. The Labute approximate surface area is 160 Å². The largest absolute Gasteiger partial charge is 0.497 e. The maximum absolute atomic E-state index is 10.6. The summed E-state index contributed by atoms with van der Waals surface area (Å²) in [7, 11) is 1.67. The minimum absolute atomic E-state index is 0.812. The van der Waals surface area contributed by atoms with Crippen LogP contribution in [0.5, 0.6) is 5.75 Å². The Morgan fingerprint density at radius 1 is 1.15 bits per heavy atom. The van der Waals surface area contributed by atoms with Crippen molar-refractivity contribution in [2.45, 2.75) is 25.9 Å². The number of aliphatic imine (C=N–C) groups is 1. The highest BCUT2D eigenvalue weighted by Crippen LogP contribution is 2.36. The fraction of sp³-hybridized carbons (Fsp3) is 0.261. The van der Waals surface area contributed by atoms with Gasteiger partial charge in [-0.3, -0.25) is 4.99 Å². The summed E-state index contributed by atoms with van der Waals surface area (Å²) >= 11 is 0. The van der Waals surface area contributed by atoms with E-state index in [1.54, 1.807) is 7.11 Å². The van der Waals surface area contributed by atoms with Gasteiger partial charge in [-0.25, -0.2) is 0 Å². The number of benzene rings is 2. The molecule has 4 rings (SSSR count). The van der Waals surface area contributed by atoms with E-state index in [1.165, 1.54) is 5.56 Å². The van der Waals surface area contributed by atoms with Crippen LogP contribution in [0.4, 0.5) is 0 Å². The van der Waals surface area contributed by atoms with Crippen LogP contribution < -0.4 is 4.74 Å². The van der Waals surface area contributed by atoms with E-state index in [1.807, 2.05) is 62.6 Å². The van der Waals surface area contributed by atoms with Crippen molar-refractivity contribution in [1.82, 2.24) is 4.90 Å². The molecule has 2 heterocycles. The van der Waals surface area contributed by atoms with Gasteiger partial charge < -0.3 is 14.7 Å². The van der Waals surface area contributed by atoms with E-state index in [-0.39, 0.29) is 0 Å². The van der Waals surface area contributed by atoms with E-state index in [2.05, 4.69) is 22.0 Å². The molecule has 0 fully saturated rings. The minimum atomic E-state index is -0.863. The van der Waals surface area contributed by atoms with Crippen LogP contribution in [-0.2, 0) is 12.0 Å². The topological polar surface area (TPSA) is 45.1 Å². The summed E-state index contributed by atoms with van der Waals surface area (Å²) in [4.78, 5) is 6.88. The Morgan fingerprint density at radius 3 is 2.74 bits per heavy atom. The summed E-state index contributed by atoms with van der Waals surface area (Å²) in [5.41, 5.74) is 5.52. The van der Waals surface area contributed by atoms with Crippen molar-refractivity contribution < 1.29 is 9.84 Å². The molecule has 0 unspecified atom stereocenters. The van der Waals surface area contributed by atoms with Gasteiger partial charge in [0, 0.05) is 30.1 Å². The van der Waals surface area contributed by atoms with Crippen molar-refractivity contribution in [2.75, 3.05) is 13.7 Å². The maximum Gasteiger partial charge on any atom is 0.119 e. The van der Waals surface area contributed by atoms with Crippen LogP contribution in [0.1, 0.15) is 36.1 Å². The summed E-state index contributed by atoms with van der Waals surface area (Å²) in [6.07, 6.45) is 6.90. The van der Waals surface area contributed by atoms with Crippen LogP contribution in [0, 0.1) is 0 Å². The number of hydrogen-bond donors (Lipinski definition) is 1. The molecule has 2 aromatic carbocycles. The lowest BCUT2D eigenvalue weighted by Gasteiger charge is -2.33. The fourth-order valence-corrected chi connectivity index (χ4v) is 3.79. The normalized spacial score (nSPS) is 16.1. The van der Waals surface area contributed by atoms with Crippen molar-refractivity contribution in [1.29, 1.82) is 0 Å². The highest BCUT2D eigenvalue weighted by molar-refractivity contribution is 6.13. The molecular formula is C23H24N2O2. The van der Waals surface area contributed by atoms with Crippen LogP contribution in [0.15, 0.2) is 65.9 Å². The molecule has 1 N–H and O–H groups in total. The number of hydrogen-bond acceptors (Lipinski definition) is 4. The van der Waals surface area contributed by atoms with Gasteiger partial charge in [0.05, 0.1) is 24.1 Å². The van der Waals surface area contributed by atoms with Gasteiger partial charge in [-0.2, -0.15) is 0 Å². The number of methoxy groups -OCH3 is 1. The van der Waals surface area contributed by atoms with Crippen LogP contribution in [-0.4, -0.2) is 29.4 Å². The van der Waals surface area contributed by atoms with Gasteiger partial charge in [-0.05, 0) is 49.6 Å². The highest BCUT2D eigenvalue weighted by atomic mass is 16.5. The smallest absolute Gasteiger partial charge is 0.119 e. The van der Waals surface area contributed by atoms with Gasteiger partial charge in [0.1, 0.15) is 5.75 Å². The van der Waals surface area contributed by atoms with E-state index in [0.717, 1.165) is 46.8 Å². The monoisotopic (exact) mass is 360 g/mol. The summed E-state index contributed by atoms with van der Waals surface area (Å²) in [5.74, 6) is 0.812. The number of fused-ring (bicyclic) bond motifs is 3. The lowest BCUT2D eigenvalue weighted by Crippen LogP contribution is -2.28. The number of allylic oxidation sites excluding steroid dienone is 1. The highest BCUT2D eigenvalue weighted by Gasteiger charge is 2.28. The molecule has 0 saturated carbocycles. The van der Waals surface area contributed by atoms with Crippen molar-refractivity contribution in [3.8, 4) is 5.75 Å². The van der Waals surface area contributed by atoms with E-state index >= 15 is 0 Å². The first-order valence-electron chi connectivity index (χ1n) is 9.20. The molecule has 0 saturated heterocycles. The number of nitrogens with zero attached hydrogens (tertiary/aromatic N) is 2. The summed E-state index contributed by atoms with van der Waals surface area (Å²) in [6, 6.07) is 14.1. The average molecular weight is 360 g/mol. The van der Waals surface area contributed by atoms with Crippen molar-refractivity contribution in [2.24, 2.45) is 4.99 Å². The van der Waals surface area contributed by atoms with Crippen LogP contribution in [0.2, 0.25) is 0 Å². The van der Waals surface area contributed by atoms with Gasteiger partial charge in [-0.1, -0.05) is 30.3 Å². The third-order valence-electron chi connectivity index (χ3n) is 5.12. The number of rotatable bonds is 3. The number of ether oxygens (including phenoxy) is 1. The molecule has 0 radical (unpaired) electrons. The van der Waals surface area contributed by atoms with Crippen molar-refractivity contribution >= 4 is 11.4 Å². The van der Waals surface area contributed by atoms with Gasteiger partial charge in [-0.15, -0.1) is 0 Å². The van der Waals surface area contributed by atoms with Crippen molar-refractivity contribution in [3.05, 3.63) is 83.2 Å². The molecule has 2 aliphatic rings. The molecule has 27 heavy (non-hydrogen) atoms. The van der Waals surface area contributed by atoms with E-state index in [4.69, 9.17) is 4.74 Å². The second-order valence-corrected chi connectivity index (χ2v) is 7.41. The van der Waals surface area contributed by atoms with Crippen molar-refractivity contribution in [3.63, 3.8) is 0 Å². The molecule has 0 aromatic heterocycles. The first-order valence-corrected chi connectivity index (χ1v) is 9.20. The van der Waals surface area contributed by atoms with Gasteiger partial charge in [0.15, 0.2) is 0 Å². The molecule has 4 nitrogen and oxygen atoms in total. The summed E-state index contributed by atoms with van der Waals surface area (Å²) in [6.45, 7) is 4.56. The van der Waals surface area contributed by atoms with Crippen LogP contribution in [0.25, 0.3) is 5.70 Å². The molecular weight excluding hydrogens is 336 g/mol. The standard InChI is InChI=1S/C23H24N2O2/c1-23(2,26)20-9-5-8-19-18(20)10-12-25-13-11-24-21(15-22(19)25)16-6-4-7-17(14-16)27-3/h4-9,11,13-15,26H,10,12H2,1-3H3. The Balaban J connectivity index is 1.84. The lowest BCUT2D eigenvalue weighted by atomic mass is 9.85. The molecule has 0 spiro atoms. The van der Waals surface area contributed by atoms with E-state index in [9.17, 15) is 5.11 Å². The minimum Gasteiger partial charge on any atom is -0.497 e. The molecule has 0 aliphatic carbocycles. The first-order chi connectivity index (χ1) is 13.0. The third kappa shape index (κ3) is 3.28. The molecule has 4 heteroatoms. The zero-order chi connectivity index (χ0) is 19.0. The Kier molecular flexibility index (Phi) is 4.36. The quantitative estimate of drug-likeness (QED) is 0.896. The molecule has 0 atom stereocenters. The zero-order valence-electron chi connectivity index (χ0n) is 15.9. The van der Waals surface area contributed by atoms with Gasteiger partial charge >= 0.3 is 0 Å². The molecule has 138 valence electrons. The number of aliphatic hydroxyl groups is 1. The van der Waals surface area contributed by atoms with Gasteiger partial charge in [0.2, 0.25) is 0 Å². The molecule has 0 amide bonds. The molecule has 2 aromatic rings. The second kappa shape index (κ2) is 6.71. The fourth-order valence-electron chi connectivity index (χ4n) is 3.79. The Morgan fingerprint density at radius 2 is 1.96 bits per heavy atom. The van der Waals surface area contributed by atoms with E-state index < -0.39 is 5.60 Å². The SMILES string of the molecule is COc1cccc(C2=NC=CN3CCc4c(cccc4C(C)(C)O)C3=C2)c1. The Hall–Kier alpha value is -2.85. The lowest BCUT2D eigenvalue weighted by molar-refractivity contribution is 0.0774. The van der Waals surface area contributed by atoms with Crippen LogP contribution in [0.3, 0.4) is 0 Å². The second-order valence-electron chi connectivity index (χ2n) is 7.41. The Bertz CT molecular complexity index is 965. The average Bonchev–Trinajstić information content (AvgIpc) is 2.89. The summed E-state index contributed by atoms with van der Waals surface area (Å²) in [5, 5.41) is 10.6. The predicted octanol–water partition coefficient (Wildman–Crippen LogP) is 4.10. The maximum atomic E-state index is 10.6. The molecule has 2 aliphatic heterocycles. The van der Waals surface area contributed by atoms with Gasteiger partial charge in [0.25, 0.3) is 0 Å². The molecule has 0 bridgehead atoms. The zero-order valence-corrected chi connectivity index (χ0v) is 15.9. The third-order valence-corrected chi connectivity index (χ3v) is 5.12. The van der Waals surface area contributed by atoms with Crippen LogP contribution >= 0.6 is 0 Å².